The van der Waals surface area contributed by atoms with E-state index in [9.17, 15) is 0 Å². The summed E-state index contributed by atoms with van der Waals surface area (Å²) in [5.41, 5.74) is 1.17. The van der Waals surface area contributed by atoms with Gasteiger partial charge in [-0.15, -0.1) is 0 Å². The summed E-state index contributed by atoms with van der Waals surface area (Å²) in [6.45, 7) is 3.01. The van der Waals surface area contributed by atoms with Gasteiger partial charge in [0.1, 0.15) is 5.82 Å². The third kappa shape index (κ3) is 1.86. The minimum atomic E-state index is 0.637. The molecule has 14 heavy (non-hydrogen) atoms. The van der Waals surface area contributed by atoms with Gasteiger partial charge in [0.2, 0.25) is 0 Å². The zero-order chi connectivity index (χ0) is 9.80. The molecule has 2 rings (SSSR count). The Bertz CT molecular complexity index is 292. The molecule has 0 atom stereocenters. The zero-order valence-corrected chi connectivity index (χ0v) is 8.66. The Morgan fingerprint density at radius 1 is 1.29 bits per heavy atom. The van der Waals surface area contributed by atoms with Gasteiger partial charge in [0, 0.05) is 24.9 Å². The highest BCUT2D eigenvalue weighted by Crippen LogP contribution is 2.35. The maximum Gasteiger partial charge on any atom is 0.148 e. The molecule has 0 aliphatic heterocycles. The first-order chi connectivity index (χ1) is 6.92. The molecule has 0 bridgehead atoms. The molecule has 0 radical (unpaired) electrons. The Morgan fingerprint density at radius 2 is 2.00 bits per heavy atom. The molecule has 0 saturated heterocycles. The Hall–Kier alpha value is -1.12. The standard InChI is InChI=1S/C11H17N3/c1-2-12-11-10(13-7-8-14-11)9-5-3-4-6-9/h7-9H,2-6H2,1H3,(H,12,14). The van der Waals surface area contributed by atoms with Crippen molar-refractivity contribution in [3.63, 3.8) is 0 Å². The van der Waals surface area contributed by atoms with Gasteiger partial charge in [0.15, 0.2) is 0 Å². The van der Waals surface area contributed by atoms with Gasteiger partial charge in [0.05, 0.1) is 5.69 Å². The van der Waals surface area contributed by atoms with Crippen molar-refractivity contribution in [2.24, 2.45) is 0 Å². The third-order valence-electron chi connectivity index (χ3n) is 2.81. The zero-order valence-electron chi connectivity index (χ0n) is 8.66. The molecule has 0 unspecified atom stereocenters. The van der Waals surface area contributed by atoms with E-state index in [1.165, 1.54) is 31.4 Å². The SMILES string of the molecule is CCNc1nccnc1C1CCCC1. The predicted octanol–water partition coefficient (Wildman–Crippen LogP) is 2.57. The van der Waals surface area contributed by atoms with Crippen LogP contribution < -0.4 is 5.32 Å². The molecular formula is C11H17N3. The lowest BCUT2D eigenvalue weighted by Gasteiger charge is -2.12. The second-order valence-electron chi connectivity index (χ2n) is 3.80. The van der Waals surface area contributed by atoms with Crippen LogP contribution in [0.1, 0.15) is 44.2 Å². The number of rotatable bonds is 3. The minimum absolute atomic E-state index is 0.637. The number of nitrogens with one attached hydrogen (secondary N) is 1. The van der Waals surface area contributed by atoms with Crippen molar-refractivity contribution >= 4 is 5.82 Å². The quantitative estimate of drug-likeness (QED) is 0.798. The summed E-state index contributed by atoms with van der Waals surface area (Å²) in [7, 11) is 0. The van der Waals surface area contributed by atoms with Gasteiger partial charge in [-0.3, -0.25) is 4.98 Å². The van der Waals surface area contributed by atoms with Crippen molar-refractivity contribution in [3.8, 4) is 0 Å². The van der Waals surface area contributed by atoms with Crippen LogP contribution in [0.4, 0.5) is 5.82 Å². The number of hydrogen-bond donors (Lipinski definition) is 1. The fourth-order valence-corrected chi connectivity index (χ4v) is 2.15. The monoisotopic (exact) mass is 191 g/mol. The lowest BCUT2D eigenvalue weighted by molar-refractivity contribution is 0.694. The molecule has 1 N–H and O–H groups in total. The van der Waals surface area contributed by atoms with E-state index in [0.717, 1.165) is 12.4 Å². The Morgan fingerprint density at radius 3 is 2.71 bits per heavy atom. The normalized spacial score (nSPS) is 17.2. The molecule has 1 aromatic heterocycles. The molecule has 0 aromatic carbocycles. The van der Waals surface area contributed by atoms with Crippen LogP contribution in [0.25, 0.3) is 0 Å². The molecule has 0 spiro atoms. The van der Waals surface area contributed by atoms with E-state index in [4.69, 9.17) is 0 Å². The van der Waals surface area contributed by atoms with E-state index in [1.54, 1.807) is 12.4 Å². The lowest BCUT2D eigenvalue weighted by Crippen LogP contribution is -2.07. The van der Waals surface area contributed by atoms with Gasteiger partial charge in [-0.25, -0.2) is 4.98 Å². The van der Waals surface area contributed by atoms with Crippen molar-refractivity contribution in [2.75, 3.05) is 11.9 Å². The highest BCUT2D eigenvalue weighted by Gasteiger charge is 2.21. The summed E-state index contributed by atoms with van der Waals surface area (Å²) in [6.07, 6.45) is 8.79. The van der Waals surface area contributed by atoms with Crippen LogP contribution in [-0.4, -0.2) is 16.5 Å². The molecule has 1 heterocycles. The van der Waals surface area contributed by atoms with Gasteiger partial charge in [-0.2, -0.15) is 0 Å². The lowest BCUT2D eigenvalue weighted by atomic mass is 10.0. The van der Waals surface area contributed by atoms with Crippen LogP contribution in [0.2, 0.25) is 0 Å². The van der Waals surface area contributed by atoms with Crippen molar-refractivity contribution in [1.29, 1.82) is 0 Å². The van der Waals surface area contributed by atoms with Gasteiger partial charge < -0.3 is 5.32 Å². The summed E-state index contributed by atoms with van der Waals surface area (Å²) >= 11 is 0. The van der Waals surface area contributed by atoms with E-state index < -0.39 is 0 Å². The molecule has 1 aromatic rings. The first-order valence-corrected chi connectivity index (χ1v) is 5.46. The van der Waals surface area contributed by atoms with E-state index >= 15 is 0 Å². The Kier molecular flexibility index (Phi) is 2.96. The summed E-state index contributed by atoms with van der Waals surface area (Å²) in [4.78, 5) is 8.79. The number of anilines is 1. The van der Waals surface area contributed by atoms with Crippen LogP contribution in [-0.2, 0) is 0 Å². The first kappa shape index (κ1) is 9.44. The van der Waals surface area contributed by atoms with Crippen molar-refractivity contribution in [1.82, 2.24) is 9.97 Å². The van der Waals surface area contributed by atoms with Gasteiger partial charge in [0.25, 0.3) is 0 Å². The number of aromatic nitrogens is 2. The minimum Gasteiger partial charge on any atom is -0.369 e. The van der Waals surface area contributed by atoms with E-state index in [0.29, 0.717) is 5.92 Å². The van der Waals surface area contributed by atoms with Crippen molar-refractivity contribution in [3.05, 3.63) is 18.1 Å². The van der Waals surface area contributed by atoms with Crippen LogP contribution in [0.3, 0.4) is 0 Å². The highest BCUT2D eigenvalue weighted by molar-refractivity contribution is 5.41. The average molecular weight is 191 g/mol. The van der Waals surface area contributed by atoms with Gasteiger partial charge >= 0.3 is 0 Å². The Labute approximate surface area is 85.0 Å². The molecule has 1 saturated carbocycles. The molecular weight excluding hydrogens is 174 g/mol. The second-order valence-corrected chi connectivity index (χ2v) is 3.80. The maximum absolute atomic E-state index is 4.45. The largest absolute Gasteiger partial charge is 0.369 e. The second kappa shape index (κ2) is 4.40. The summed E-state index contributed by atoms with van der Waals surface area (Å²) in [5, 5.41) is 3.28. The van der Waals surface area contributed by atoms with Gasteiger partial charge in [-0.05, 0) is 19.8 Å². The van der Waals surface area contributed by atoms with Crippen molar-refractivity contribution < 1.29 is 0 Å². The Balaban J connectivity index is 2.21. The highest BCUT2D eigenvalue weighted by atomic mass is 15.0. The maximum atomic E-state index is 4.45. The molecule has 76 valence electrons. The van der Waals surface area contributed by atoms with Crippen LogP contribution in [0, 0.1) is 0 Å². The molecule has 3 nitrogen and oxygen atoms in total. The van der Waals surface area contributed by atoms with Crippen LogP contribution in [0.5, 0.6) is 0 Å². The molecule has 0 amide bonds. The van der Waals surface area contributed by atoms with Crippen molar-refractivity contribution in [2.45, 2.75) is 38.5 Å². The molecule has 3 heteroatoms. The fourth-order valence-electron chi connectivity index (χ4n) is 2.15. The predicted molar refractivity (Wildman–Crippen MR) is 57.4 cm³/mol. The van der Waals surface area contributed by atoms with E-state index in [2.05, 4.69) is 22.2 Å². The summed E-state index contributed by atoms with van der Waals surface area (Å²) in [6, 6.07) is 0. The van der Waals surface area contributed by atoms with E-state index in [1.807, 2.05) is 0 Å². The average Bonchev–Trinajstić information content (AvgIpc) is 2.72. The fraction of sp³-hybridized carbons (Fsp3) is 0.636. The summed E-state index contributed by atoms with van der Waals surface area (Å²) < 4.78 is 0. The number of hydrogen-bond acceptors (Lipinski definition) is 3. The van der Waals surface area contributed by atoms with Crippen LogP contribution in [0.15, 0.2) is 12.4 Å². The van der Waals surface area contributed by atoms with Gasteiger partial charge in [-0.1, -0.05) is 12.8 Å². The number of nitrogens with zero attached hydrogens (tertiary/aromatic N) is 2. The smallest absolute Gasteiger partial charge is 0.148 e. The molecule has 1 aliphatic rings. The van der Waals surface area contributed by atoms with Crippen LogP contribution >= 0.6 is 0 Å². The third-order valence-corrected chi connectivity index (χ3v) is 2.81. The molecule has 1 fully saturated rings. The summed E-state index contributed by atoms with van der Waals surface area (Å²) in [5.74, 6) is 1.62. The topological polar surface area (TPSA) is 37.8 Å². The first-order valence-electron chi connectivity index (χ1n) is 5.46. The molecule has 1 aliphatic carbocycles. The van der Waals surface area contributed by atoms with E-state index in [-0.39, 0.29) is 0 Å².